The molecule has 2 aromatic carbocycles. The summed E-state index contributed by atoms with van der Waals surface area (Å²) in [5, 5.41) is 4.60. The van der Waals surface area contributed by atoms with Crippen molar-refractivity contribution in [3.05, 3.63) is 65.2 Å². The number of rotatable bonds is 5. The van der Waals surface area contributed by atoms with Crippen LogP contribution in [-0.2, 0) is 4.79 Å². The Morgan fingerprint density at radius 1 is 1.14 bits per heavy atom. The Balaban J connectivity index is 1.92. The van der Waals surface area contributed by atoms with E-state index < -0.39 is 0 Å². The van der Waals surface area contributed by atoms with Gasteiger partial charge in [0.2, 0.25) is 0 Å². The van der Waals surface area contributed by atoms with E-state index in [0.29, 0.717) is 5.02 Å². The first kappa shape index (κ1) is 16.6. The van der Waals surface area contributed by atoms with Gasteiger partial charge in [0, 0.05) is 9.92 Å². The van der Waals surface area contributed by atoms with Crippen molar-refractivity contribution >= 4 is 35.0 Å². The van der Waals surface area contributed by atoms with Gasteiger partial charge in [0.05, 0.1) is 11.0 Å². The number of nitrogens with one attached hydrogen (secondary N) is 1. The van der Waals surface area contributed by atoms with Crippen molar-refractivity contribution < 1.29 is 4.79 Å². The van der Waals surface area contributed by atoms with Crippen LogP contribution in [0.2, 0.25) is 5.02 Å². The highest BCUT2D eigenvalue weighted by Crippen LogP contribution is 2.24. The van der Waals surface area contributed by atoms with Crippen molar-refractivity contribution in [3.8, 4) is 0 Å². The first-order valence-electron chi connectivity index (χ1n) is 6.88. The van der Waals surface area contributed by atoms with Crippen molar-refractivity contribution in [2.45, 2.75) is 24.0 Å². The smallest absolute Gasteiger partial charge is 0.253 e. The predicted octanol–water partition coefficient (Wildman–Crippen LogP) is 4.36. The molecule has 1 amide bonds. The fraction of sp³-hybridized carbons (Fsp3) is 0.176. The molecule has 0 saturated carbocycles. The Labute approximate surface area is 139 Å². The normalized spacial score (nSPS) is 12.8. The minimum Gasteiger partial charge on any atom is -0.272 e. The molecule has 2 rings (SSSR count). The summed E-state index contributed by atoms with van der Waals surface area (Å²) in [6.07, 6.45) is 0. The molecule has 0 unspecified atom stereocenters. The summed E-state index contributed by atoms with van der Waals surface area (Å²) < 4.78 is 0. The third kappa shape index (κ3) is 4.90. The maximum absolute atomic E-state index is 12.1. The third-order valence-corrected chi connectivity index (χ3v) is 4.39. The maximum atomic E-state index is 12.1. The number of thioether (sulfide) groups is 1. The highest BCUT2D eigenvalue weighted by Gasteiger charge is 2.13. The molecule has 1 N–H and O–H groups in total. The van der Waals surface area contributed by atoms with Gasteiger partial charge in [-0.25, -0.2) is 5.43 Å². The second kappa shape index (κ2) is 8.01. The molecule has 0 aromatic heterocycles. The lowest BCUT2D eigenvalue weighted by atomic mass is 10.1. The monoisotopic (exact) mass is 332 g/mol. The van der Waals surface area contributed by atoms with Crippen LogP contribution in [0.15, 0.2) is 64.6 Å². The molecule has 0 aliphatic heterocycles. The van der Waals surface area contributed by atoms with E-state index in [1.54, 1.807) is 0 Å². The van der Waals surface area contributed by atoms with Crippen LogP contribution >= 0.6 is 23.4 Å². The number of amides is 1. The van der Waals surface area contributed by atoms with Gasteiger partial charge in [-0.05, 0) is 43.7 Å². The highest BCUT2D eigenvalue weighted by molar-refractivity contribution is 8.00. The Morgan fingerprint density at radius 3 is 2.41 bits per heavy atom. The fourth-order valence-corrected chi connectivity index (χ4v) is 2.73. The van der Waals surface area contributed by atoms with Gasteiger partial charge in [-0.15, -0.1) is 11.8 Å². The number of hydrogen-bond donors (Lipinski definition) is 1. The molecule has 0 aliphatic carbocycles. The second-order valence-electron chi connectivity index (χ2n) is 4.75. The van der Waals surface area contributed by atoms with Gasteiger partial charge < -0.3 is 0 Å². The SMILES string of the molecule is C/C(=N/NC(=O)[C@@H](C)Sc1ccc(Cl)cc1)c1ccccc1. The molecule has 0 aliphatic rings. The molecule has 0 bridgehead atoms. The number of benzene rings is 2. The number of halogens is 1. The molecule has 0 fully saturated rings. The zero-order chi connectivity index (χ0) is 15.9. The van der Waals surface area contributed by atoms with E-state index in [2.05, 4.69) is 10.5 Å². The van der Waals surface area contributed by atoms with Crippen LogP contribution in [0, 0.1) is 0 Å². The van der Waals surface area contributed by atoms with E-state index in [1.807, 2.05) is 68.4 Å². The standard InChI is InChI=1S/C17H17ClN2OS/c1-12(14-6-4-3-5-7-14)19-20-17(21)13(2)22-16-10-8-15(18)9-11-16/h3-11,13H,1-2H3,(H,20,21)/b19-12-/t13-/m1/s1. The molecule has 114 valence electrons. The molecule has 0 spiro atoms. The maximum Gasteiger partial charge on any atom is 0.253 e. The van der Waals surface area contributed by atoms with Crippen LogP contribution in [0.4, 0.5) is 0 Å². The average molecular weight is 333 g/mol. The number of hydrogen-bond acceptors (Lipinski definition) is 3. The number of hydrazone groups is 1. The molecule has 0 radical (unpaired) electrons. The van der Waals surface area contributed by atoms with Gasteiger partial charge in [-0.3, -0.25) is 4.79 Å². The molecular weight excluding hydrogens is 316 g/mol. The number of carbonyl (C=O) groups is 1. The lowest BCUT2D eigenvalue weighted by Gasteiger charge is -2.10. The van der Waals surface area contributed by atoms with Gasteiger partial charge in [0.1, 0.15) is 0 Å². The van der Waals surface area contributed by atoms with Gasteiger partial charge in [-0.2, -0.15) is 5.10 Å². The van der Waals surface area contributed by atoms with E-state index in [1.165, 1.54) is 11.8 Å². The van der Waals surface area contributed by atoms with E-state index in [4.69, 9.17) is 11.6 Å². The molecule has 0 saturated heterocycles. The average Bonchev–Trinajstić information content (AvgIpc) is 2.55. The number of nitrogens with zero attached hydrogens (tertiary/aromatic N) is 1. The van der Waals surface area contributed by atoms with E-state index in [9.17, 15) is 4.79 Å². The number of carbonyl (C=O) groups excluding carboxylic acids is 1. The summed E-state index contributed by atoms with van der Waals surface area (Å²) in [5.41, 5.74) is 4.38. The van der Waals surface area contributed by atoms with Gasteiger partial charge in [-0.1, -0.05) is 41.9 Å². The Bertz CT molecular complexity index is 656. The lowest BCUT2D eigenvalue weighted by molar-refractivity contribution is -0.120. The molecule has 3 nitrogen and oxygen atoms in total. The van der Waals surface area contributed by atoms with Crippen molar-refractivity contribution in [1.82, 2.24) is 5.43 Å². The van der Waals surface area contributed by atoms with E-state index >= 15 is 0 Å². The van der Waals surface area contributed by atoms with E-state index in [0.717, 1.165) is 16.2 Å². The summed E-state index contributed by atoms with van der Waals surface area (Å²) in [6.45, 7) is 3.72. The molecular formula is C17H17ClN2OS. The van der Waals surface area contributed by atoms with Crippen molar-refractivity contribution in [3.63, 3.8) is 0 Å². The molecule has 1 atom stereocenters. The summed E-state index contributed by atoms with van der Waals surface area (Å²) in [6, 6.07) is 17.2. The van der Waals surface area contributed by atoms with E-state index in [-0.39, 0.29) is 11.2 Å². The molecule has 5 heteroatoms. The van der Waals surface area contributed by atoms with Crippen molar-refractivity contribution in [1.29, 1.82) is 0 Å². The summed E-state index contributed by atoms with van der Waals surface area (Å²) in [7, 11) is 0. The van der Waals surface area contributed by atoms with Crippen LogP contribution in [0.1, 0.15) is 19.4 Å². The second-order valence-corrected chi connectivity index (χ2v) is 6.60. The first-order valence-corrected chi connectivity index (χ1v) is 8.14. The summed E-state index contributed by atoms with van der Waals surface area (Å²) in [4.78, 5) is 13.1. The summed E-state index contributed by atoms with van der Waals surface area (Å²) >= 11 is 7.32. The minimum absolute atomic E-state index is 0.129. The fourth-order valence-electron chi connectivity index (χ4n) is 1.74. The molecule has 22 heavy (non-hydrogen) atoms. The largest absolute Gasteiger partial charge is 0.272 e. The topological polar surface area (TPSA) is 41.5 Å². The predicted molar refractivity (Wildman–Crippen MR) is 93.6 cm³/mol. The lowest BCUT2D eigenvalue weighted by Crippen LogP contribution is -2.27. The Kier molecular flexibility index (Phi) is 6.04. The quantitative estimate of drug-likeness (QED) is 0.502. The van der Waals surface area contributed by atoms with Crippen molar-refractivity contribution in [2.75, 3.05) is 0 Å². The van der Waals surface area contributed by atoms with Crippen LogP contribution < -0.4 is 5.43 Å². The van der Waals surface area contributed by atoms with Crippen LogP contribution in [0.25, 0.3) is 0 Å². The third-order valence-electron chi connectivity index (χ3n) is 3.02. The highest BCUT2D eigenvalue weighted by atomic mass is 35.5. The molecule has 2 aromatic rings. The van der Waals surface area contributed by atoms with Crippen LogP contribution in [-0.4, -0.2) is 16.9 Å². The van der Waals surface area contributed by atoms with Crippen LogP contribution in [0.5, 0.6) is 0 Å². The minimum atomic E-state index is -0.242. The zero-order valence-electron chi connectivity index (χ0n) is 12.4. The van der Waals surface area contributed by atoms with Gasteiger partial charge >= 0.3 is 0 Å². The first-order chi connectivity index (χ1) is 10.6. The van der Waals surface area contributed by atoms with Gasteiger partial charge in [0.15, 0.2) is 0 Å². The zero-order valence-corrected chi connectivity index (χ0v) is 14.0. The summed E-state index contributed by atoms with van der Waals surface area (Å²) in [5.74, 6) is -0.129. The Morgan fingerprint density at radius 2 is 1.77 bits per heavy atom. The van der Waals surface area contributed by atoms with Crippen molar-refractivity contribution in [2.24, 2.45) is 5.10 Å². The molecule has 0 heterocycles. The van der Waals surface area contributed by atoms with Crippen LogP contribution in [0.3, 0.4) is 0 Å². The Hall–Kier alpha value is -1.78. The van der Waals surface area contributed by atoms with Gasteiger partial charge in [0.25, 0.3) is 5.91 Å².